The van der Waals surface area contributed by atoms with Gasteiger partial charge in [0.25, 0.3) is 5.91 Å². The minimum atomic E-state index is -0.660. The van der Waals surface area contributed by atoms with Crippen molar-refractivity contribution in [2.45, 2.75) is 19.9 Å². The first kappa shape index (κ1) is 17.6. The van der Waals surface area contributed by atoms with Gasteiger partial charge in [-0.1, -0.05) is 30.3 Å². The number of hydrogen-bond acceptors (Lipinski definition) is 5. The van der Waals surface area contributed by atoms with Gasteiger partial charge in [0.2, 0.25) is 0 Å². The van der Waals surface area contributed by atoms with Crippen LogP contribution in [0.4, 0.5) is 5.69 Å². The highest BCUT2D eigenvalue weighted by molar-refractivity contribution is 5.95. The SMILES string of the molecule is Cc1cc(C)n(-c2ccc(NC(=O)[C@@H](c3ccccc3)n3cnnn3)cc2)n1. The van der Waals surface area contributed by atoms with E-state index >= 15 is 0 Å². The molecule has 140 valence electrons. The van der Waals surface area contributed by atoms with E-state index in [0.717, 1.165) is 22.6 Å². The van der Waals surface area contributed by atoms with Gasteiger partial charge in [0, 0.05) is 11.4 Å². The summed E-state index contributed by atoms with van der Waals surface area (Å²) >= 11 is 0. The van der Waals surface area contributed by atoms with E-state index in [1.165, 1.54) is 11.0 Å². The lowest BCUT2D eigenvalue weighted by molar-refractivity contribution is -0.118. The molecule has 0 aliphatic carbocycles. The highest BCUT2D eigenvalue weighted by Gasteiger charge is 2.24. The van der Waals surface area contributed by atoms with Crippen LogP contribution in [-0.4, -0.2) is 35.9 Å². The number of tetrazole rings is 1. The number of carbonyl (C=O) groups excluding carboxylic acids is 1. The molecule has 0 bridgehead atoms. The number of amides is 1. The van der Waals surface area contributed by atoms with Gasteiger partial charge in [-0.2, -0.15) is 5.10 Å². The fourth-order valence-corrected chi connectivity index (χ4v) is 3.13. The third-order valence-corrected chi connectivity index (χ3v) is 4.38. The summed E-state index contributed by atoms with van der Waals surface area (Å²) in [6.45, 7) is 3.97. The van der Waals surface area contributed by atoms with Crippen molar-refractivity contribution >= 4 is 11.6 Å². The maximum absolute atomic E-state index is 13.0. The maximum Gasteiger partial charge on any atom is 0.253 e. The van der Waals surface area contributed by atoms with E-state index < -0.39 is 6.04 Å². The smallest absolute Gasteiger partial charge is 0.253 e. The number of aryl methyl sites for hydroxylation is 2. The van der Waals surface area contributed by atoms with E-state index in [1.54, 1.807) is 0 Å². The van der Waals surface area contributed by atoms with Gasteiger partial charge < -0.3 is 5.32 Å². The van der Waals surface area contributed by atoms with Crippen molar-refractivity contribution in [3.05, 3.63) is 83.9 Å². The van der Waals surface area contributed by atoms with Crippen LogP contribution in [0.2, 0.25) is 0 Å². The molecule has 0 saturated carbocycles. The fourth-order valence-electron chi connectivity index (χ4n) is 3.13. The zero-order valence-electron chi connectivity index (χ0n) is 15.5. The van der Waals surface area contributed by atoms with Crippen molar-refractivity contribution in [2.24, 2.45) is 0 Å². The Hall–Kier alpha value is -3.81. The Morgan fingerprint density at radius 2 is 1.79 bits per heavy atom. The minimum Gasteiger partial charge on any atom is -0.324 e. The van der Waals surface area contributed by atoms with Gasteiger partial charge in [0.05, 0.1) is 11.4 Å². The van der Waals surface area contributed by atoms with Crippen LogP contribution in [0.25, 0.3) is 5.69 Å². The monoisotopic (exact) mass is 373 g/mol. The van der Waals surface area contributed by atoms with E-state index in [2.05, 4.69) is 25.9 Å². The maximum atomic E-state index is 13.0. The Balaban J connectivity index is 1.57. The van der Waals surface area contributed by atoms with E-state index in [1.807, 2.05) is 79.2 Å². The summed E-state index contributed by atoms with van der Waals surface area (Å²) in [7, 11) is 0. The van der Waals surface area contributed by atoms with Crippen LogP contribution in [0.3, 0.4) is 0 Å². The molecule has 8 heteroatoms. The first-order chi connectivity index (χ1) is 13.6. The Bertz CT molecular complexity index is 1070. The first-order valence-electron chi connectivity index (χ1n) is 8.84. The summed E-state index contributed by atoms with van der Waals surface area (Å²) in [5.74, 6) is -0.225. The van der Waals surface area contributed by atoms with Gasteiger partial charge in [-0.3, -0.25) is 4.79 Å². The van der Waals surface area contributed by atoms with E-state index in [0.29, 0.717) is 5.69 Å². The molecule has 0 aliphatic rings. The van der Waals surface area contributed by atoms with Crippen molar-refractivity contribution in [1.29, 1.82) is 0 Å². The number of rotatable bonds is 5. The van der Waals surface area contributed by atoms with Crippen LogP contribution >= 0.6 is 0 Å². The molecular weight excluding hydrogens is 354 g/mol. The topological polar surface area (TPSA) is 90.5 Å². The number of anilines is 1. The molecule has 28 heavy (non-hydrogen) atoms. The molecule has 2 aromatic carbocycles. The third-order valence-electron chi connectivity index (χ3n) is 4.38. The molecule has 0 saturated heterocycles. The molecule has 0 unspecified atom stereocenters. The van der Waals surface area contributed by atoms with Crippen LogP contribution in [0.1, 0.15) is 23.0 Å². The van der Waals surface area contributed by atoms with Gasteiger partial charge in [-0.25, -0.2) is 9.36 Å². The fraction of sp³-hybridized carbons (Fsp3) is 0.150. The molecule has 2 aromatic heterocycles. The van der Waals surface area contributed by atoms with Crippen LogP contribution in [-0.2, 0) is 4.79 Å². The van der Waals surface area contributed by atoms with Crippen molar-refractivity contribution in [2.75, 3.05) is 5.32 Å². The van der Waals surface area contributed by atoms with Crippen LogP contribution < -0.4 is 5.32 Å². The summed E-state index contributed by atoms with van der Waals surface area (Å²) in [5.41, 5.74) is 4.43. The highest BCUT2D eigenvalue weighted by Crippen LogP contribution is 2.21. The lowest BCUT2D eigenvalue weighted by Gasteiger charge is -2.17. The third kappa shape index (κ3) is 3.52. The Morgan fingerprint density at radius 3 is 2.39 bits per heavy atom. The predicted octanol–water partition coefficient (Wildman–Crippen LogP) is 2.70. The molecular formula is C20H19N7O. The quantitative estimate of drug-likeness (QED) is 0.581. The largest absolute Gasteiger partial charge is 0.324 e. The minimum absolute atomic E-state index is 0.225. The lowest BCUT2D eigenvalue weighted by atomic mass is 10.1. The van der Waals surface area contributed by atoms with Gasteiger partial charge in [-0.15, -0.1) is 5.10 Å². The van der Waals surface area contributed by atoms with Crippen LogP contribution in [0.15, 0.2) is 67.0 Å². The van der Waals surface area contributed by atoms with E-state index in [4.69, 9.17) is 0 Å². The van der Waals surface area contributed by atoms with Crippen LogP contribution in [0.5, 0.6) is 0 Å². The van der Waals surface area contributed by atoms with Gasteiger partial charge >= 0.3 is 0 Å². The normalized spacial score (nSPS) is 11.9. The molecule has 2 heterocycles. The first-order valence-corrected chi connectivity index (χ1v) is 8.84. The van der Waals surface area contributed by atoms with Crippen molar-refractivity contribution in [1.82, 2.24) is 30.0 Å². The Labute approximate surface area is 161 Å². The summed E-state index contributed by atoms with van der Waals surface area (Å²) in [5, 5.41) is 18.6. The van der Waals surface area contributed by atoms with Gasteiger partial charge in [0.1, 0.15) is 6.33 Å². The average molecular weight is 373 g/mol. The molecule has 0 aliphatic heterocycles. The van der Waals surface area contributed by atoms with Crippen molar-refractivity contribution < 1.29 is 4.79 Å². The molecule has 1 N–H and O–H groups in total. The number of benzene rings is 2. The molecule has 0 fully saturated rings. The zero-order chi connectivity index (χ0) is 19.5. The Morgan fingerprint density at radius 1 is 1.04 bits per heavy atom. The van der Waals surface area contributed by atoms with Gasteiger partial charge in [-0.05, 0) is 60.2 Å². The second kappa shape index (κ2) is 7.43. The number of aromatic nitrogens is 6. The molecule has 1 atom stereocenters. The Kier molecular flexibility index (Phi) is 4.67. The van der Waals surface area contributed by atoms with E-state index in [9.17, 15) is 4.79 Å². The van der Waals surface area contributed by atoms with Crippen molar-refractivity contribution in [3.8, 4) is 5.69 Å². The number of nitrogens with zero attached hydrogens (tertiary/aromatic N) is 6. The lowest BCUT2D eigenvalue weighted by Crippen LogP contribution is -2.27. The summed E-state index contributed by atoms with van der Waals surface area (Å²) in [6, 6.07) is 18.3. The standard InChI is InChI=1S/C20H19N7O/c1-14-12-15(2)27(23-14)18-10-8-17(9-11-18)22-20(28)19(26-13-21-24-25-26)16-6-4-3-5-7-16/h3-13,19H,1-2H3,(H,22,28)/t19-/m1/s1. The summed E-state index contributed by atoms with van der Waals surface area (Å²) in [6.07, 6.45) is 1.43. The van der Waals surface area contributed by atoms with Crippen LogP contribution in [0, 0.1) is 13.8 Å². The number of carbonyl (C=O) groups is 1. The molecule has 4 rings (SSSR count). The zero-order valence-corrected chi connectivity index (χ0v) is 15.5. The molecule has 1 amide bonds. The summed E-state index contributed by atoms with van der Waals surface area (Å²) < 4.78 is 3.31. The predicted molar refractivity (Wildman–Crippen MR) is 104 cm³/mol. The van der Waals surface area contributed by atoms with Crippen molar-refractivity contribution in [3.63, 3.8) is 0 Å². The number of hydrogen-bond donors (Lipinski definition) is 1. The second-order valence-corrected chi connectivity index (χ2v) is 6.48. The molecule has 8 nitrogen and oxygen atoms in total. The average Bonchev–Trinajstić information content (AvgIpc) is 3.33. The van der Waals surface area contributed by atoms with E-state index in [-0.39, 0.29) is 5.91 Å². The summed E-state index contributed by atoms with van der Waals surface area (Å²) in [4.78, 5) is 13.0. The highest BCUT2D eigenvalue weighted by atomic mass is 16.2. The number of nitrogens with one attached hydrogen (secondary N) is 1. The second-order valence-electron chi connectivity index (χ2n) is 6.48. The molecule has 0 spiro atoms. The van der Waals surface area contributed by atoms with Gasteiger partial charge in [0.15, 0.2) is 6.04 Å². The molecule has 0 radical (unpaired) electrons. The molecule has 4 aromatic rings.